The number of nitrogens with one attached hydrogen (secondary N) is 2. The molecule has 2 N–H and O–H groups in total. The Morgan fingerprint density at radius 3 is 2.88 bits per heavy atom. The van der Waals surface area contributed by atoms with Gasteiger partial charge >= 0.3 is 0 Å². The standard InChI is InChI=1S/C13H15N3O/c1-14-8-9-16-13(17)11-6-2-4-10-5-3-7-15-12(10)11/h2-7,14H,8-9H2,1H3,(H,16,17). The van der Waals surface area contributed by atoms with E-state index in [2.05, 4.69) is 15.6 Å². The summed E-state index contributed by atoms with van der Waals surface area (Å²) in [5.74, 6) is -0.0791. The van der Waals surface area contributed by atoms with E-state index in [9.17, 15) is 4.79 Å². The molecular weight excluding hydrogens is 214 g/mol. The van der Waals surface area contributed by atoms with E-state index in [0.29, 0.717) is 12.1 Å². The number of aromatic nitrogens is 1. The molecule has 4 nitrogen and oxygen atoms in total. The smallest absolute Gasteiger partial charge is 0.253 e. The number of rotatable bonds is 4. The van der Waals surface area contributed by atoms with Crippen molar-refractivity contribution in [2.24, 2.45) is 0 Å². The predicted octanol–water partition coefficient (Wildman–Crippen LogP) is 1.18. The summed E-state index contributed by atoms with van der Waals surface area (Å²) >= 11 is 0. The molecule has 0 saturated heterocycles. The van der Waals surface area contributed by atoms with Gasteiger partial charge in [0.05, 0.1) is 11.1 Å². The topological polar surface area (TPSA) is 54.0 Å². The van der Waals surface area contributed by atoms with Crippen LogP contribution < -0.4 is 10.6 Å². The second-order valence-corrected chi connectivity index (χ2v) is 3.74. The van der Waals surface area contributed by atoms with E-state index in [1.165, 1.54) is 0 Å². The fourth-order valence-electron chi connectivity index (χ4n) is 1.68. The Balaban J connectivity index is 2.26. The average molecular weight is 229 g/mol. The minimum absolute atomic E-state index is 0.0791. The molecule has 1 heterocycles. The number of pyridine rings is 1. The van der Waals surface area contributed by atoms with Crippen molar-refractivity contribution in [3.63, 3.8) is 0 Å². The first-order valence-electron chi connectivity index (χ1n) is 5.59. The largest absolute Gasteiger partial charge is 0.351 e. The highest BCUT2D eigenvalue weighted by atomic mass is 16.1. The molecule has 2 rings (SSSR count). The van der Waals surface area contributed by atoms with Crippen LogP contribution in [0.4, 0.5) is 0 Å². The molecule has 4 heteroatoms. The minimum atomic E-state index is -0.0791. The van der Waals surface area contributed by atoms with Crippen molar-refractivity contribution in [1.29, 1.82) is 0 Å². The molecule has 0 saturated carbocycles. The van der Waals surface area contributed by atoms with Gasteiger partial charge < -0.3 is 10.6 Å². The number of nitrogens with zero attached hydrogens (tertiary/aromatic N) is 1. The van der Waals surface area contributed by atoms with Gasteiger partial charge in [0.25, 0.3) is 5.91 Å². The van der Waals surface area contributed by atoms with Crippen molar-refractivity contribution in [3.05, 3.63) is 42.1 Å². The number of amides is 1. The van der Waals surface area contributed by atoms with Gasteiger partial charge in [0.2, 0.25) is 0 Å². The van der Waals surface area contributed by atoms with E-state index in [1.807, 2.05) is 31.3 Å². The lowest BCUT2D eigenvalue weighted by atomic mass is 10.1. The molecule has 1 aromatic heterocycles. The maximum atomic E-state index is 12.0. The van der Waals surface area contributed by atoms with Gasteiger partial charge in [-0.15, -0.1) is 0 Å². The first-order valence-corrected chi connectivity index (χ1v) is 5.59. The van der Waals surface area contributed by atoms with Crippen LogP contribution in [0.1, 0.15) is 10.4 Å². The van der Waals surface area contributed by atoms with E-state index in [1.54, 1.807) is 12.3 Å². The number of para-hydroxylation sites is 1. The Hall–Kier alpha value is -1.94. The van der Waals surface area contributed by atoms with Crippen LogP contribution in [-0.2, 0) is 0 Å². The molecule has 0 fully saturated rings. The van der Waals surface area contributed by atoms with Crippen LogP contribution >= 0.6 is 0 Å². The van der Waals surface area contributed by atoms with Crippen molar-refractivity contribution < 1.29 is 4.79 Å². The highest BCUT2D eigenvalue weighted by Gasteiger charge is 2.09. The summed E-state index contributed by atoms with van der Waals surface area (Å²) in [4.78, 5) is 16.2. The molecule has 17 heavy (non-hydrogen) atoms. The fraction of sp³-hybridized carbons (Fsp3) is 0.231. The van der Waals surface area contributed by atoms with Crippen molar-refractivity contribution in [1.82, 2.24) is 15.6 Å². The Labute approximate surface area is 100 Å². The molecule has 0 aliphatic rings. The maximum Gasteiger partial charge on any atom is 0.253 e. The predicted molar refractivity (Wildman–Crippen MR) is 68.0 cm³/mol. The van der Waals surface area contributed by atoms with E-state index in [0.717, 1.165) is 17.4 Å². The number of fused-ring (bicyclic) bond motifs is 1. The van der Waals surface area contributed by atoms with Gasteiger partial charge in [-0.2, -0.15) is 0 Å². The van der Waals surface area contributed by atoms with E-state index >= 15 is 0 Å². The number of benzene rings is 1. The van der Waals surface area contributed by atoms with Crippen molar-refractivity contribution >= 4 is 16.8 Å². The van der Waals surface area contributed by atoms with Crippen molar-refractivity contribution in [2.45, 2.75) is 0 Å². The number of hydrogen-bond acceptors (Lipinski definition) is 3. The molecule has 0 bridgehead atoms. The van der Waals surface area contributed by atoms with Crippen LogP contribution in [-0.4, -0.2) is 31.0 Å². The monoisotopic (exact) mass is 229 g/mol. The SMILES string of the molecule is CNCCNC(=O)c1cccc2cccnc12. The van der Waals surface area contributed by atoms with Gasteiger partial charge in [-0.1, -0.05) is 18.2 Å². The highest BCUT2D eigenvalue weighted by molar-refractivity contribution is 6.05. The summed E-state index contributed by atoms with van der Waals surface area (Å²) < 4.78 is 0. The van der Waals surface area contributed by atoms with Gasteiger partial charge in [-0.05, 0) is 19.2 Å². The van der Waals surface area contributed by atoms with E-state index < -0.39 is 0 Å². The fourth-order valence-corrected chi connectivity index (χ4v) is 1.68. The van der Waals surface area contributed by atoms with Gasteiger partial charge in [-0.3, -0.25) is 9.78 Å². The Kier molecular flexibility index (Phi) is 3.67. The zero-order valence-electron chi connectivity index (χ0n) is 9.73. The number of carbonyl (C=O) groups is 1. The molecule has 0 aliphatic carbocycles. The van der Waals surface area contributed by atoms with Gasteiger partial charge in [-0.25, -0.2) is 0 Å². The molecule has 2 aromatic rings. The summed E-state index contributed by atoms with van der Waals surface area (Å²) in [7, 11) is 1.85. The first kappa shape index (κ1) is 11.5. The second-order valence-electron chi connectivity index (χ2n) is 3.74. The number of carbonyl (C=O) groups excluding carboxylic acids is 1. The van der Waals surface area contributed by atoms with Crippen LogP contribution in [0.3, 0.4) is 0 Å². The normalized spacial score (nSPS) is 10.4. The van der Waals surface area contributed by atoms with Crippen molar-refractivity contribution in [3.8, 4) is 0 Å². The summed E-state index contributed by atoms with van der Waals surface area (Å²) in [5.41, 5.74) is 1.37. The molecule has 0 spiro atoms. The van der Waals surface area contributed by atoms with Crippen LogP contribution in [0.5, 0.6) is 0 Å². The third kappa shape index (κ3) is 2.60. The van der Waals surface area contributed by atoms with Crippen LogP contribution in [0.15, 0.2) is 36.5 Å². The summed E-state index contributed by atoms with van der Waals surface area (Å²) in [5, 5.41) is 6.81. The highest BCUT2D eigenvalue weighted by Crippen LogP contribution is 2.15. The molecular formula is C13H15N3O. The molecule has 1 aromatic carbocycles. The average Bonchev–Trinajstić information content (AvgIpc) is 2.38. The van der Waals surface area contributed by atoms with Gasteiger partial charge in [0.1, 0.15) is 0 Å². The molecule has 0 unspecified atom stereocenters. The third-order valence-corrected chi connectivity index (χ3v) is 2.54. The van der Waals surface area contributed by atoms with Crippen LogP contribution in [0.2, 0.25) is 0 Å². The quantitative estimate of drug-likeness (QED) is 0.774. The maximum absolute atomic E-state index is 12.0. The van der Waals surface area contributed by atoms with E-state index in [-0.39, 0.29) is 5.91 Å². The lowest BCUT2D eigenvalue weighted by Gasteiger charge is -2.06. The third-order valence-electron chi connectivity index (χ3n) is 2.54. The van der Waals surface area contributed by atoms with E-state index in [4.69, 9.17) is 0 Å². The molecule has 88 valence electrons. The molecule has 0 aliphatic heterocycles. The van der Waals surface area contributed by atoms with Crippen LogP contribution in [0, 0.1) is 0 Å². The van der Waals surface area contributed by atoms with Crippen molar-refractivity contribution in [2.75, 3.05) is 20.1 Å². The zero-order valence-corrected chi connectivity index (χ0v) is 9.73. The summed E-state index contributed by atoms with van der Waals surface area (Å²) in [6, 6.07) is 9.44. The molecule has 0 radical (unpaired) electrons. The molecule has 1 amide bonds. The first-order chi connectivity index (χ1) is 8.33. The second kappa shape index (κ2) is 5.41. The van der Waals surface area contributed by atoms with Gasteiger partial charge in [0, 0.05) is 24.7 Å². The summed E-state index contributed by atoms with van der Waals surface area (Å²) in [6.07, 6.45) is 1.70. The lowest BCUT2D eigenvalue weighted by molar-refractivity contribution is 0.0955. The Bertz CT molecular complexity index is 520. The number of likely N-dealkylation sites (N-methyl/N-ethyl adjacent to an activating group) is 1. The minimum Gasteiger partial charge on any atom is -0.351 e. The van der Waals surface area contributed by atoms with Gasteiger partial charge in [0.15, 0.2) is 0 Å². The van der Waals surface area contributed by atoms with Crippen LogP contribution in [0.25, 0.3) is 10.9 Å². The zero-order chi connectivity index (χ0) is 12.1. The summed E-state index contributed by atoms with van der Waals surface area (Å²) in [6.45, 7) is 1.36. The Morgan fingerprint density at radius 2 is 2.06 bits per heavy atom. The molecule has 0 atom stereocenters. The Morgan fingerprint density at radius 1 is 1.24 bits per heavy atom. The lowest BCUT2D eigenvalue weighted by Crippen LogP contribution is -2.30. The number of hydrogen-bond donors (Lipinski definition) is 2.